The van der Waals surface area contributed by atoms with E-state index in [1.165, 1.54) is 32.1 Å². The van der Waals surface area contributed by atoms with Crippen molar-refractivity contribution in [2.75, 3.05) is 0 Å². The van der Waals surface area contributed by atoms with Gasteiger partial charge in [-0.2, -0.15) is 0 Å². The summed E-state index contributed by atoms with van der Waals surface area (Å²) >= 11 is 0. The molecule has 0 aromatic heterocycles. The molecular weight excluding hydrogens is 184 g/mol. The summed E-state index contributed by atoms with van der Waals surface area (Å²) in [4.78, 5) is 12.1. The third-order valence-electron chi connectivity index (χ3n) is 4.57. The van der Waals surface area contributed by atoms with Crippen LogP contribution in [0.5, 0.6) is 0 Å². The Morgan fingerprint density at radius 2 is 1.93 bits per heavy atom. The van der Waals surface area contributed by atoms with Gasteiger partial charge < -0.3 is 0 Å². The van der Waals surface area contributed by atoms with Crippen molar-refractivity contribution in [3.05, 3.63) is 12.2 Å². The molecule has 0 heterocycles. The summed E-state index contributed by atoms with van der Waals surface area (Å²) in [6.07, 6.45) is 12.8. The lowest BCUT2D eigenvalue weighted by molar-refractivity contribution is -0.124. The molecule has 3 atom stereocenters. The molecule has 3 unspecified atom stereocenters. The van der Waals surface area contributed by atoms with Crippen LogP contribution >= 0.6 is 0 Å². The maximum atomic E-state index is 12.1. The van der Waals surface area contributed by atoms with E-state index in [4.69, 9.17) is 0 Å². The van der Waals surface area contributed by atoms with Crippen molar-refractivity contribution in [1.82, 2.24) is 0 Å². The van der Waals surface area contributed by atoms with E-state index in [-0.39, 0.29) is 0 Å². The topological polar surface area (TPSA) is 17.1 Å². The number of hydrogen-bond donors (Lipinski definition) is 0. The van der Waals surface area contributed by atoms with Crippen LogP contribution in [0.4, 0.5) is 0 Å². The van der Waals surface area contributed by atoms with E-state index in [0.717, 1.165) is 24.7 Å². The Balaban J connectivity index is 1.50. The van der Waals surface area contributed by atoms with Crippen LogP contribution in [0, 0.1) is 23.7 Å². The van der Waals surface area contributed by atoms with Crippen LogP contribution in [0.2, 0.25) is 0 Å². The summed E-state index contributed by atoms with van der Waals surface area (Å²) in [6, 6.07) is 0. The number of carbonyl (C=O) groups excluding carboxylic acids is 1. The van der Waals surface area contributed by atoms with Crippen LogP contribution < -0.4 is 0 Å². The molecule has 0 aromatic carbocycles. The Morgan fingerprint density at radius 3 is 2.60 bits per heavy atom. The highest BCUT2D eigenvalue weighted by atomic mass is 16.1. The highest BCUT2D eigenvalue weighted by Gasteiger charge is 2.47. The van der Waals surface area contributed by atoms with Crippen molar-refractivity contribution in [2.45, 2.75) is 44.9 Å². The minimum atomic E-state index is 0.458. The fraction of sp³-hybridized carbons (Fsp3) is 0.786. The average molecular weight is 204 g/mol. The van der Waals surface area contributed by atoms with E-state index in [0.29, 0.717) is 17.6 Å². The van der Waals surface area contributed by atoms with Gasteiger partial charge in [0.2, 0.25) is 0 Å². The van der Waals surface area contributed by atoms with Gasteiger partial charge in [0.1, 0.15) is 5.78 Å². The molecule has 3 rings (SSSR count). The highest BCUT2D eigenvalue weighted by Crippen LogP contribution is 2.54. The SMILES string of the molecule is O=C(CC1CC=CCC1)C1CC2CC2C1. The second-order valence-electron chi connectivity index (χ2n) is 5.75. The zero-order valence-electron chi connectivity index (χ0n) is 9.32. The summed E-state index contributed by atoms with van der Waals surface area (Å²) in [5, 5.41) is 0. The maximum absolute atomic E-state index is 12.1. The van der Waals surface area contributed by atoms with Gasteiger partial charge in [0, 0.05) is 12.3 Å². The molecule has 0 N–H and O–H groups in total. The predicted octanol–water partition coefficient (Wildman–Crippen LogP) is 3.35. The summed E-state index contributed by atoms with van der Waals surface area (Å²) in [6.45, 7) is 0. The number of fused-ring (bicyclic) bond motifs is 1. The van der Waals surface area contributed by atoms with E-state index in [1.807, 2.05) is 0 Å². The second kappa shape index (κ2) is 3.77. The molecule has 0 saturated heterocycles. The van der Waals surface area contributed by atoms with Crippen molar-refractivity contribution in [2.24, 2.45) is 23.7 Å². The first-order valence-electron chi connectivity index (χ1n) is 6.50. The lowest BCUT2D eigenvalue weighted by Crippen LogP contribution is -2.17. The fourth-order valence-corrected chi connectivity index (χ4v) is 3.47. The third kappa shape index (κ3) is 2.02. The lowest BCUT2D eigenvalue weighted by Gasteiger charge is -2.19. The maximum Gasteiger partial charge on any atom is 0.136 e. The molecule has 15 heavy (non-hydrogen) atoms. The van der Waals surface area contributed by atoms with Crippen LogP contribution in [0.1, 0.15) is 44.9 Å². The van der Waals surface area contributed by atoms with Crippen molar-refractivity contribution >= 4 is 5.78 Å². The van der Waals surface area contributed by atoms with Gasteiger partial charge in [0.15, 0.2) is 0 Å². The Kier molecular flexibility index (Phi) is 2.42. The zero-order valence-corrected chi connectivity index (χ0v) is 9.32. The number of Topliss-reactive ketones (excluding diaryl/α,β-unsaturated/α-hetero) is 1. The normalized spacial score (nSPS) is 42.7. The van der Waals surface area contributed by atoms with Gasteiger partial charge in [-0.3, -0.25) is 4.79 Å². The standard InChI is InChI=1S/C14H20O/c15-14(6-10-4-2-1-3-5-10)13-8-11-7-12(11)9-13/h1-2,10-13H,3-9H2. The quantitative estimate of drug-likeness (QED) is 0.644. The van der Waals surface area contributed by atoms with Crippen LogP contribution in [0.25, 0.3) is 0 Å². The van der Waals surface area contributed by atoms with Crippen molar-refractivity contribution < 1.29 is 4.79 Å². The molecule has 1 nitrogen and oxygen atoms in total. The first-order chi connectivity index (χ1) is 7.33. The van der Waals surface area contributed by atoms with Crippen LogP contribution in [-0.4, -0.2) is 5.78 Å². The molecule has 0 aliphatic heterocycles. The molecule has 0 radical (unpaired) electrons. The minimum absolute atomic E-state index is 0.458. The summed E-state index contributed by atoms with van der Waals surface area (Å²) in [5.41, 5.74) is 0. The number of ketones is 1. The predicted molar refractivity (Wildman–Crippen MR) is 60.4 cm³/mol. The Hall–Kier alpha value is -0.590. The average Bonchev–Trinajstić information content (AvgIpc) is 2.87. The number of rotatable bonds is 3. The molecule has 0 aromatic rings. The van der Waals surface area contributed by atoms with Gasteiger partial charge in [-0.25, -0.2) is 0 Å². The van der Waals surface area contributed by atoms with Gasteiger partial charge in [-0.05, 0) is 56.3 Å². The molecule has 0 amide bonds. The van der Waals surface area contributed by atoms with Crippen LogP contribution in [-0.2, 0) is 4.79 Å². The van der Waals surface area contributed by atoms with E-state index in [2.05, 4.69) is 12.2 Å². The van der Waals surface area contributed by atoms with Crippen molar-refractivity contribution in [3.63, 3.8) is 0 Å². The summed E-state index contributed by atoms with van der Waals surface area (Å²) < 4.78 is 0. The molecule has 3 aliphatic rings. The molecule has 0 spiro atoms. The lowest BCUT2D eigenvalue weighted by atomic mass is 9.85. The highest BCUT2D eigenvalue weighted by molar-refractivity contribution is 5.81. The van der Waals surface area contributed by atoms with Gasteiger partial charge >= 0.3 is 0 Å². The Bertz CT molecular complexity index is 282. The van der Waals surface area contributed by atoms with Crippen LogP contribution in [0.15, 0.2) is 12.2 Å². The van der Waals surface area contributed by atoms with E-state index < -0.39 is 0 Å². The molecule has 3 aliphatic carbocycles. The monoisotopic (exact) mass is 204 g/mol. The second-order valence-corrected chi connectivity index (χ2v) is 5.75. The van der Waals surface area contributed by atoms with Crippen molar-refractivity contribution in [3.8, 4) is 0 Å². The van der Waals surface area contributed by atoms with Gasteiger partial charge in [0.05, 0.1) is 0 Å². The first-order valence-corrected chi connectivity index (χ1v) is 6.50. The van der Waals surface area contributed by atoms with E-state index >= 15 is 0 Å². The largest absolute Gasteiger partial charge is 0.299 e. The summed E-state index contributed by atoms with van der Waals surface area (Å²) in [7, 11) is 0. The van der Waals surface area contributed by atoms with Crippen LogP contribution in [0.3, 0.4) is 0 Å². The van der Waals surface area contributed by atoms with Gasteiger partial charge in [-0.1, -0.05) is 12.2 Å². The third-order valence-corrected chi connectivity index (χ3v) is 4.57. The fourth-order valence-electron chi connectivity index (χ4n) is 3.47. The van der Waals surface area contributed by atoms with E-state index in [1.54, 1.807) is 0 Å². The number of hydrogen-bond acceptors (Lipinski definition) is 1. The molecule has 2 saturated carbocycles. The first kappa shape index (κ1) is 9.62. The van der Waals surface area contributed by atoms with Crippen molar-refractivity contribution in [1.29, 1.82) is 0 Å². The zero-order chi connectivity index (χ0) is 10.3. The number of carbonyl (C=O) groups is 1. The Morgan fingerprint density at radius 1 is 1.13 bits per heavy atom. The smallest absolute Gasteiger partial charge is 0.136 e. The molecule has 0 bridgehead atoms. The molecule has 82 valence electrons. The van der Waals surface area contributed by atoms with Gasteiger partial charge in [-0.15, -0.1) is 0 Å². The molecule has 2 fully saturated rings. The van der Waals surface area contributed by atoms with Gasteiger partial charge in [0.25, 0.3) is 0 Å². The Labute approximate surface area is 91.9 Å². The molecular formula is C14H20O. The summed E-state index contributed by atoms with van der Waals surface area (Å²) in [5.74, 6) is 3.61. The minimum Gasteiger partial charge on any atom is -0.299 e. The molecule has 1 heteroatoms. The van der Waals surface area contributed by atoms with E-state index in [9.17, 15) is 4.79 Å². The number of allylic oxidation sites excluding steroid dienone is 2.